The lowest BCUT2D eigenvalue weighted by atomic mass is 10.2. The van der Waals surface area contributed by atoms with E-state index in [0.29, 0.717) is 10.7 Å². The van der Waals surface area contributed by atoms with Gasteiger partial charge < -0.3 is 5.11 Å². The molecule has 0 radical (unpaired) electrons. The van der Waals surface area contributed by atoms with E-state index in [1.54, 1.807) is 0 Å². The summed E-state index contributed by atoms with van der Waals surface area (Å²) >= 11 is 10.2. The van der Waals surface area contributed by atoms with Crippen molar-refractivity contribution in [1.29, 1.82) is 0 Å². The predicted molar refractivity (Wildman–Crippen MR) is 59.2 cm³/mol. The molecule has 0 saturated carbocycles. The van der Waals surface area contributed by atoms with Gasteiger partial charge in [-0.25, -0.2) is 4.79 Å². The summed E-state index contributed by atoms with van der Waals surface area (Å²) in [5, 5.41) is 9.23. The maximum atomic E-state index is 10.7. The first-order valence-electron chi connectivity index (χ1n) is 3.43. The number of nitrogens with one attached hydrogen (secondary N) is 1. The van der Waals surface area contributed by atoms with E-state index in [1.807, 2.05) is 0 Å². The van der Waals surface area contributed by atoms with Crippen molar-refractivity contribution < 1.29 is 9.90 Å². The number of rotatable bonds is 3. The van der Waals surface area contributed by atoms with Gasteiger partial charge in [-0.05, 0) is 18.2 Å². The minimum absolute atomic E-state index is 0.0993. The SMILES string of the molecule is O=C(O)c1ccc(Cl)cc1NN=S=S. The number of nitrogens with zero attached hydrogens (tertiary/aromatic N) is 1. The molecule has 1 aromatic carbocycles. The zero-order valence-electron chi connectivity index (χ0n) is 6.73. The van der Waals surface area contributed by atoms with E-state index in [4.69, 9.17) is 16.7 Å². The van der Waals surface area contributed by atoms with Gasteiger partial charge in [0.1, 0.15) is 0 Å². The van der Waals surface area contributed by atoms with Gasteiger partial charge in [-0.15, -0.1) is 4.47 Å². The lowest BCUT2D eigenvalue weighted by molar-refractivity contribution is 0.0698. The van der Waals surface area contributed by atoms with E-state index in [0.717, 1.165) is 10.1 Å². The molecule has 0 atom stereocenters. The Morgan fingerprint density at radius 2 is 2.36 bits per heavy atom. The number of anilines is 1. The van der Waals surface area contributed by atoms with E-state index in [2.05, 4.69) is 21.1 Å². The summed E-state index contributed by atoms with van der Waals surface area (Å²) in [6.07, 6.45) is 0. The average Bonchev–Trinajstić information content (AvgIpc) is 2.14. The molecule has 0 spiro atoms. The molecule has 4 nitrogen and oxygen atoms in total. The third-order valence-corrected chi connectivity index (χ3v) is 2.04. The highest BCUT2D eigenvalue weighted by atomic mass is 35.5. The summed E-state index contributed by atoms with van der Waals surface area (Å²) in [7, 11) is 0.784. The second-order valence-corrected chi connectivity index (χ2v) is 3.49. The van der Waals surface area contributed by atoms with Crippen molar-refractivity contribution in [1.82, 2.24) is 0 Å². The van der Waals surface area contributed by atoms with Crippen LogP contribution < -0.4 is 5.43 Å². The Labute approximate surface area is 93.2 Å². The molecule has 0 aromatic heterocycles. The van der Waals surface area contributed by atoms with E-state index < -0.39 is 5.97 Å². The molecule has 0 aliphatic heterocycles. The molecule has 0 amide bonds. The zero-order chi connectivity index (χ0) is 10.6. The van der Waals surface area contributed by atoms with E-state index in [9.17, 15) is 4.79 Å². The Bertz CT molecular complexity index is 418. The predicted octanol–water partition coefficient (Wildman–Crippen LogP) is 2.09. The van der Waals surface area contributed by atoms with Gasteiger partial charge in [-0.1, -0.05) is 11.6 Å². The molecule has 0 bridgehead atoms. The van der Waals surface area contributed by atoms with Crippen molar-refractivity contribution in [3.63, 3.8) is 0 Å². The van der Waals surface area contributed by atoms with Crippen LogP contribution in [0.5, 0.6) is 0 Å². The minimum atomic E-state index is -1.05. The average molecular weight is 249 g/mol. The molecular weight excluding hydrogens is 244 g/mol. The maximum Gasteiger partial charge on any atom is 0.337 e. The van der Waals surface area contributed by atoms with Crippen molar-refractivity contribution >= 4 is 44.6 Å². The van der Waals surface area contributed by atoms with Crippen LogP contribution >= 0.6 is 11.6 Å². The number of hydrogen-bond acceptors (Lipinski definition) is 3. The summed E-state index contributed by atoms with van der Waals surface area (Å²) < 4.78 is 3.59. The molecule has 14 heavy (non-hydrogen) atoms. The third-order valence-electron chi connectivity index (χ3n) is 1.42. The number of benzene rings is 1. The van der Waals surface area contributed by atoms with Gasteiger partial charge in [0.25, 0.3) is 0 Å². The fourth-order valence-corrected chi connectivity index (χ4v) is 1.28. The zero-order valence-corrected chi connectivity index (χ0v) is 9.12. The van der Waals surface area contributed by atoms with E-state index in [1.165, 1.54) is 18.2 Å². The number of hydrogen-bond donors (Lipinski definition) is 2. The van der Waals surface area contributed by atoms with Crippen LogP contribution in [0.2, 0.25) is 5.02 Å². The van der Waals surface area contributed by atoms with Crippen molar-refractivity contribution in [2.45, 2.75) is 0 Å². The van der Waals surface area contributed by atoms with Gasteiger partial charge in [0, 0.05) is 16.2 Å². The molecule has 0 aliphatic rings. The van der Waals surface area contributed by atoms with Crippen molar-refractivity contribution in [2.24, 2.45) is 4.47 Å². The molecule has 0 unspecified atom stereocenters. The highest BCUT2D eigenvalue weighted by Gasteiger charge is 2.09. The van der Waals surface area contributed by atoms with Crippen LogP contribution in [0, 0.1) is 0 Å². The first kappa shape index (κ1) is 11.1. The molecule has 74 valence electrons. The molecule has 1 rings (SSSR count). The fraction of sp³-hybridized carbons (Fsp3) is 0. The Morgan fingerprint density at radius 3 is 2.93 bits per heavy atom. The Balaban J connectivity index is 3.15. The van der Waals surface area contributed by atoms with Crippen LogP contribution in [0.4, 0.5) is 5.69 Å². The Hall–Kier alpha value is -0.980. The molecule has 0 saturated heterocycles. The van der Waals surface area contributed by atoms with Gasteiger partial charge in [-0.3, -0.25) is 5.43 Å². The van der Waals surface area contributed by atoms with Crippen LogP contribution in [0.1, 0.15) is 10.4 Å². The quantitative estimate of drug-likeness (QED) is 0.805. The van der Waals surface area contributed by atoms with E-state index in [-0.39, 0.29) is 5.56 Å². The molecule has 0 aliphatic carbocycles. The third kappa shape index (κ3) is 2.76. The molecule has 7 heteroatoms. The summed E-state index contributed by atoms with van der Waals surface area (Å²) in [5.41, 5.74) is 2.92. The number of aromatic carboxylic acids is 1. The van der Waals surface area contributed by atoms with Crippen molar-refractivity contribution in [3.8, 4) is 0 Å². The maximum absolute atomic E-state index is 10.7. The number of halogens is 1. The number of carbonyl (C=O) groups is 1. The van der Waals surface area contributed by atoms with Crippen LogP contribution in [0.25, 0.3) is 0 Å². The summed E-state index contributed by atoms with van der Waals surface area (Å²) in [6, 6.07) is 4.37. The summed E-state index contributed by atoms with van der Waals surface area (Å²) in [6.45, 7) is 0. The molecule has 0 fully saturated rings. The van der Waals surface area contributed by atoms with Crippen molar-refractivity contribution in [2.75, 3.05) is 5.43 Å². The normalized spacial score (nSPS) is 9.21. The number of carboxylic acids is 1. The first-order chi connectivity index (χ1) is 6.65. The smallest absolute Gasteiger partial charge is 0.337 e. The Morgan fingerprint density at radius 1 is 1.64 bits per heavy atom. The molecule has 2 N–H and O–H groups in total. The van der Waals surface area contributed by atoms with Crippen LogP contribution in [-0.4, -0.2) is 11.1 Å². The molecule has 0 heterocycles. The first-order valence-corrected chi connectivity index (χ1v) is 5.50. The van der Waals surface area contributed by atoms with Gasteiger partial charge in [0.05, 0.1) is 21.4 Å². The lowest BCUT2D eigenvalue weighted by Gasteiger charge is -2.03. The van der Waals surface area contributed by atoms with E-state index >= 15 is 0 Å². The summed E-state index contributed by atoms with van der Waals surface area (Å²) in [5.74, 6) is -1.05. The monoisotopic (exact) mass is 248 g/mol. The van der Waals surface area contributed by atoms with Crippen LogP contribution in [0.15, 0.2) is 22.7 Å². The van der Waals surface area contributed by atoms with Gasteiger partial charge in [0.2, 0.25) is 0 Å². The summed E-state index contributed by atoms with van der Waals surface area (Å²) in [4.78, 5) is 10.7. The second-order valence-electron chi connectivity index (χ2n) is 2.27. The lowest BCUT2D eigenvalue weighted by Crippen LogP contribution is -2.01. The van der Waals surface area contributed by atoms with Crippen LogP contribution in [-0.2, 0) is 21.3 Å². The van der Waals surface area contributed by atoms with Crippen molar-refractivity contribution in [3.05, 3.63) is 28.8 Å². The topological polar surface area (TPSA) is 61.7 Å². The van der Waals surface area contributed by atoms with Gasteiger partial charge >= 0.3 is 5.97 Å². The molecular formula is C7H5ClN2O2S2. The molecule has 1 aromatic rings. The number of carboxylic acid groups (broad SMARTS) is 1. The second kappa shape index (κ2) is 5.04. The standard InChI is InChI=1S/C7H5ClN2O2S2/c8-4-1-2-5(7(11)12)6(3-4)9-10-14-13/h1-3,9H,(H,11,12). The highest BCUT2D eigenvalue weighted by Crippen LogP contribution is 2.20. The van der Waals surface area contributed by atoms with Crippen LogP contribution in [0.3, 0.4) is 0 Å². The van der Waals surface area contributed by atoms with Gasteiger partial charge in [0.15, 0.2) is 0 Å². The largest absolute Gasteiger partial charge is 0.478 e. The minimum Gasteiger partial charge on any atom is -0.478 e. The van der Waals surface area contributed by atoms with Gasteiger partial charge in [-0.2, -0.15) is 0 Å². The Kier molecular flexibility index (Phi) is 3.99. The highest BCUT2D eigenvalue weighted by molar-refractivity contribution is 8.12. The fourth-order valence-electron chi connectivity index (χ4n) is 0.863.